The Hall–Kier alpha value is -3.64. The minimum atomic E-state index is -0.155. The molecule has 0 fully saturated rings. The Morgan fingerprint density at radius 1 is 1.00 bits per heavy atom. The van der Waals surface area contributed by atoms with E-state index in [9.17, 15) is 4.79 Å². The van der Waals surface area contributed by atoms with E-state index < -0.39 is 0 Å². The molecule has 0 saturated carbocycles. The molecule has 0 N–H and O–H groups in total. The van der Waals surface area contributed by atoms with Gasteiger partial charge >= 0.3 is 0 Å². The van der Waals surface area contributed by atoms with E-state index >= 15 is 0 Å². The number of carbonyl (C=O) groups is 1. The number of amides is 1. The highest BCUT2D eigenvalue weighted by molar-refractivity contribution is 6.31. The molecule has 1 amide bonds. The average molecular weight is 434 g/mol. The predicted molar refractivity (Wildman–Crippen MR) is 118 cm³/mol. The fourth-order valence-electron chi connectivity index (χ4n) is 2.99. The van der Waals surface area contributed by atoms with Crippen molar-refractivity contribution in [3.63, 3.8) is 0 Å². The Balaban J connectivity index is 1.35. The molecular weight excluding hydrogens is 414 g/mol. The van der Waals surface area contributed by atoms with Gasteiger partial charge in [0.2, 0.25) is 11.7 Å². The van der Waals surface area contributed by atoms with Crippen molar-refractivity contribution in [2.75, 3.05) is 7.05 Å². The third kappa shape index (κ3) is 5.10. The number of nitrogens with zero attached hydrogens (tertiary/aromatic N) is 3. The van der Waals surface area contributed by atoms with Crippen LogP contribution in [0.1, 0.15) is 21.8 Å². The van der Waals surface area contributed by atoms with Gasteiger partial charge in [-0.3, -0.25) is 4.79 Å². The highest BCUT2D eigenvalue weighted by Crippen LogP contribution is 2.20. The van der Waals surface area contributed by atoms with Gasteiger partial charge in [-0.15, -0.1) is 0 Å². The van der Waals surface area contributed by atoms with Gasteiger partial charge in [0.05, 0.1) is 6.54 Å². The average Bonchev–Trinajstić information content (AvgIpc) is 3.27. The Labute approximate surface area is 185 Å². The fraction of sp³-hybridized carbons (Fsp3) is 0.125. The number of hydrogen-bond acceptors (Lipinski definition) is 5. The Morgan fingerprint density at radius 2 is 1.71 bits per heavy atom. The fourth-order valence-corrected chi connectivity index (χ4v) is 3.18. The molecule has 0 bridgehead atoms. The maximum absolute atomic E-state index is 12.7. The number of hydrogen-bond donors (Lipinski definition) is 0. The van der Waals surface area contributed by atoms with Gasteiger partial charge in [0.25, 0.3) is 5.91 Å². The van der Waals surface area contributed by atoms with E-state index in [1.165, 1.54) is 4.90 Å². The lowest BCUT2D eigenvalue weighted by Gasteiger charge is -2.15. The smallest absolute Gasteiger partial charge is 0.254 e. The van der Waals surface area contributed by atoms with E-state index in [-0.39, 0.29) is 12.5 Å². The molecule has 0 aliphatic heterocycles. The number of ether oxygens (including phenoxy) is 1. The second-order valence-electron chi connectivity index (χ2n) is 6.94. The Kier molecular flexibility index (Phi) is 6.29. The maximum atomic E-state index is 12.7. The lowest BCUT2D eigenvalue weighted by atomic mass is 10.2. The van der Waals surface area contributed by atoms with E-state index in [1.807, 2.05) is 54.6 Å². The number of benzene rings is 3. The summed E-state index contributed by atoms with van der Waals surface area (Å²) in [5.41, 5.74) is 2.30. The number of rotatable bonds is 7. The summed E-state index contributed by atoms with van der Waals surface area (Å²) >= 11 is 6.15. The van der Waals surface area contributed by atoms with Gasteiger partial charge in [-0.05, 0) is 30.3 Å². The molecule has 31 heavy (non-hydrogen) atoms. The SMILES string of the molecule is CN(Cc1nc(-c2ccccc2)no1)C(=O)c1ccc(OCc2ccccc2Cl)cc1. The summed E-state index contributed by atoms with van der Waals surface area (Å²) in [6.45, 7) is 0.567. The van der Waals surface area contributed by atoms with Crippen LogP contribution in [0.2, 0.25) is 5.02 Å². The van der Waals surface area contributed by atoms with Crippen molar-refractivity contribution in [3.8, 4) is 17.1 Å². The van der Waals surface area contributed by atoms with Gasteiger partial charge < -0.3 is 14.2 Å². The van der Waals surface area contributed by atoms with Crippen LogP contribution in [0, 0.1) is 0 Å². The second kappa shape index (κ2) is 9.45. The van der Waals surface area contributed by atoms with Gasteiger partial charge in [-0.1, -0.05) is 65.3 Å². The normalized spacial score (nSPS) is 10.6. The Morgan fingerprint density at radius 3 is 2.45 bits per heavy atom. The van der Waals surface area contributed by atoms with Crippen LogP contribution in [0.3, 0.4) is 0 Å². The minimum Gasteiger partial charge on any atom is -0.489 e. The van der Waals surface area contributed by atoms with Gasteiger partial charge in [-0.25, -0.2) is 0 Å². The van der Waals surface area contributed by atoms with E-state index in [0.717, 1.165) is 11.1 Å². The summed E-state index contributed by atoms with van der Waals surface area (Å²) in [4.78, 5) is 18.6. The molecule has 4 aromatic rings. The van der Waals surface area contributed by atoms with Crippen molar-refractivity contribution in [1.29, 1.82) is 0 Å². The number of carbonyl (C=O) groups excluding carboxylic acids is 1. The summed E-state index contributed by atoms with van der Waals surface area (Å²) in [5, 5.41) is 4.64. The molecule has 0 spiro atoms. The molecule has 156 valence electrons. The zero-order valence-electron chi connectivity index (χ0n) is 16.9. The molecule has 0 atom stereocenters. The topological polar surface area (TPSA) is 68.5 Å². The largest absolute Gasteiger partial charge is 0.489 e. The summed E-state index contributed by atoms with van der Waals surface area (Å²) < 4.78 is 11.1. The molecule has 0 saturated heterocycles. The molecule has 0 aliphatic carbocycles. The molecule has 3 aromatic carbocycles. The van der Waals surface area contributed by atoms with Crippen molar-refractivity contribution in [2.24, 2.45) is 0 Å². The number of halogens is 1. The van der Waals surface area contributed by atoms with Gasteiger partial charge in [0, 0.05) is 28.8 Å². The summed E-state index contributed by atoms with van der Waals surface area (Å²) in [7, 11) is 1.69. The lowest BCUT2D eigenvalue weighted by molar-refractivity contribution is 0.0769. The first-order chi connectivity index (χ1) is 15.1. The van der Waals surface area contributed by atoms with Crippen LogP contribution >= 0.6 is 11.6 Å². The zero-order valence-corrected chi connectivity index (χ0v) is 17.6. The molecule has 0 unspecified atom stereocenters. The first-order valence-electron chi connectivity index (χ1n) is 9.70. The minimum absolute atomic E-state index is 0.155. The van der Waals surface area contributed by atoms with Crippen molar-refractivity contribution < 1.29 is 14.1 Å². The highest BCUT2D eigenvalue weighted by atomic mass is 35.5. The second-order valence-corrected chi connectivity index (χ2v) is 7.35. The highest BCUT2D eigenvalue weighted by Gasteiger charge is 2.16. The molecule has 4 rings (SSSR count). The van der Waals surface area contributed by atoms with E-state index in [4.69, 9.17) is 20.9 Å². The quantitative estimate of drug-likeness (QED) is 0.398. The molecular formula is C24H20ClN3O3. The molecule has 7 heteroatoms. The van der Waals surface area contributed by atoms with Crippen LogP contribution in [0.4, 0.5) is 0 Å². The maximum Gasteiger partial charge on any atom is 0.254 e. The monoisotopic (exact) mass is 433 g/mol. The van der Waals surface area contributed by atoms with E-state index in [2.05, 4.69) is 10.1 Å². The molecule has 1 heterocycles. The van der Waals surface area contributed by atoms with Crippen molar-refractivity contribution in [2.45, 2.75) is 13.2 Å². The zero-order chi connectivity index (χ0) is 21.6. The molecule has 6 nitrogen and oxygen atoms in total. The summed E-state index contributed by atoms with van der Waals surface area (Å²) in [6, 6.07) is 24.0. The van der Waals surface area contributed by atoms with E-state index in [1.54, 1.807) is 31.3 Å². The third-order valence-electron chi connectivity index (χ3n) is 4.67. The Bertz CT molecular complexity index is 1160. The first-order valence-corrected chi connectivity index (χ1v) is 10.1. The van der Waals surface area contributed by atoms with Gasteiger partial charge in [0.15, 0.2) is 0 Å². The van der Waals surface area contributed by atoms with Gasteiger partial charge in [-0.2, -0.15) is 4.98 Å². The molecule has 1 aromatic heterocycles. The van der Waals surface area contributed by atoms with E-state index in [0.29, 0.717) is 34.7 Å². The molecule has 0 radical (unpaired) electrons. The predicted octanol–water partition coefficient (Wildman–Crippen LogP) is 5.24. The van der Waals surface area contributed by atoms with Crippen LogP contribution < -0.4 is 4.74 Å². The van der Waals surface area contributed by atoms with Crippen LogP contribution in [-0.2, 0) is 13.2 Å². The lowest BCUT2D eigenvalue weighted by Crippen LogP contribution is -2.26. The van der Waals surface area contributed by atoms with Crippen LogP contribution in [0.5, 0.6) is 5.75 Å². The summed E-state index contributed by atoms with van der Waals surface area (Å²) in [5.74, 6) is 1.37. The van der Waals surface area contributed by atoms with Crippen molar-refractivity contribution >= 4 is 17.5 Å². The third-order valence-corrected chi connectivity index (χ3v) is 5.04. The first kappa shape index (κ1) is 20.6. The van der Waals surface area contributed by atoms with Gasteiger partial charge in [0.1, 0.15) is 12.4 Å². The van der Waals surface area contributed by atoms with Crippen molar-refractivity contribution in [3.05, 3.63) is 101 Å². The van der Waals surface area contributed by atoms with Crippen LogP contribution in [0.25, 0.3) is 11.4 Å². The number of aromatic nitrogens is 2. The molecule has 0 aliphatic rings. The van der Waals surface area contributed by atoms with Crippen LogP contribution in [0.15, 0.2) is 83.4 Å². The standard InChI is InChI=1S/C24H20ClN3O3/c1-28(15-22-26-23(27-31-22)17-7-3-2-4-8-17)24(29)18-11-13-20(14-12-18)30-16-19-9-5-6-10-21(19)25/h2-14H,15-16H2,1H3. The van der Waals surface area contributed by atoms with Crippen LogP contribution in [-0.4, -0.2) is 28.0 Å². The summed E-state index contributed by atoms with van der Waals surface area (Å²) in [6.07, 6.45) is 0. The van der Waals surface area contributed by atoms with Crippen molar-refractivity contribution in [1.82, 2.24) is 15.0 Å².